The highest BCUT2D eigenvalue weighted by atomic mass is 16.5. The van der Waals surface area contributed by atoms with Gasteiger partial charge < -0.3 is 17.4 Å². The minimum absolute atomic E-state index is 0.0417. The summed E-state index contributed by atoms with van der Waals surface area (Å²) >= 11 is 0. The summed E-state index contributed by atoms with van der Waals surface area (Å²) in [5.41, 5.74) is 6.87. The molecule has 0 aromatic rings. The average Bonchev–Trinajstić information content (AvgIpc) is 1.61. The van der Waals surface area contributed by atoms with Gasteiger partial charge in [0, 0.05) is 13.2 Å². The van der Waals surface area contributed by atoms with Crippen LogP contribution in [0.15, 0.2) is 0 Å². The fourth-order valence-corrected chi connectivity index (χ4v) is 0.493. The predicted molar refractivity (Wildman–Crippen MR) is 27.8 cm³/mol. The van der Waals surface area contributed by atoms with E-state index in [0.29, 0.717) is 19.8 Å². The Morgan fingerprint density at radius 2 is 2.29 bits per heavy atom. The third kappa shape index (κ3) is 0.763. The van der Waals surface area contributed by atoms with Gasteiger partial charge in [-0.05, 0) is 0 Å². The molecule has 1 rings (SSSR count). The molecular weight excluding hydrogens is 90.1 g/mol. The first kappa shape index (κ1) is 5.06. The molecular formula is C5H9NO-2. The van der Waals surface area contributed by atoms with Crippen LogP contribution in [0.3, 0.4) is 0 Å². The maximum Gasteiger partial charge on any atom is 0.0252 e. The Hall–Kier alpha value is -0.0800. The van der Waals surface area contributed by atoms with Gasteiger partial charge in [-0.3, -0.25) is 0 Å². The molecule has 0 spiro atoms. The van der Waals surface area contributed by atoms with E-state index in [1.165, 1.54) is 0 Å². The van der Waals surface area contributed by atoms with Gasteiger partial charge in [0.15, 0.2) is 0 Å². The summed E-state index contributed by atoms with van der Waals surface area (Å²) in [6.45, 7) is 5.53. The van der Waals surface area contributed by atoms with Crippen LogP contribution in [0, 0.1) is 12.3 Å². The van der Waals surface area contributed by atoms with E-state index in [1.807, 2.05) is 0 Å². The van der Waals surface area contributed by atoms with Gasteiger partial charge in [0.05, 0.1) is 0 Å². The van der Waals surface area contributed by atoms with E-state index in [1.54, 1.807) is 0 Å². The van der Waals surface area contributed by atoms with E-state index in [2.05, 4.69) is 6.92 Å². The highest BCUT2D eigenvalue weighted by Gasteiger charge is 2.20. The molecule has 0 aliphatic carbocycles. The van der Waals surface area contributed by atoms with Gasteiger partial charge in [-0.1, -0.05) is 0 Å². The van der Waals surface area contributed by atoms with Crippen molar-refractivity contribution in [2.24, 2.45) is 5.41 Å². The van der Waals surface area contributed by atoms with Gasteiger partial charge in [0.25, 0.3) is 0 Å². The van der Waals surface area contributed by atoms with E-state index in [0.717, 1.165) is 0 Å². The standard InChI is InChI=1S/C5H9NO/c1-5(2-6)3-7-4-5/h6H,1-4H2/q-2. The fourth-order valence-electron chi connectivity index (χ4n) is 0.493. The molecule has 1 aliphatic rings. The smallest absolute Gasteiger partial charge is 0.0252 e. The van der Waals surface area contributed by atoms with Gasteiger partial charge in [-0.2, -0.15) is 6.54 Å². The molecule has 0 unspecified atom stereocenters. The van der Waals surface area contributed by atoms with Crippen molar-refractivity contribution in [2.75, 3.05) is 19.8 Å². The maximum absolute atomic E-state index is 6.91. The number of ether oxygens (including phenoxy) is 1. The molecule has 2 nitrogen and oxygen atoms in total. The third-order valence-corrected chi connectivity index (χ3v) is 1.19. The van der Waals surface area contributed by atoms with Gasteiger partial charge in [0.2, 0.25) is 0 Å². The van der Waals surface area contributed by atoms with Crippen molar-refractivity contribution in [1.29, 1.82) is 0 Å². The zero-order valence-corrected chi connectivity index (χ0v) is 4.24. The van der Waals surface area contributed by atoms with Crippen molar-refractivity contribution in [2.45, 2.75) is 0 Å². The lowest BCUT2D eigenvalue weighted by Crippen LogP contribution is -2.41. The highest BCUT2D eigenvalue weighted by Crippen LogP contribution is 2.25. The second kappa shape index (κ2) is 1.46. The van der Waals surface area contributed by atoms with E-state index in [4.69, 9.17) is 10.5 Å². The van der Waals surface area contributed by atoms with Crippen LogP contribution in [0.5, 0.6) is 0 Å². The lowest BCUT2D eigenvalue weighted by molar-refractivity contribution is -0.0739. The molecule has 0 aromatic carbocycles. The molecule has 0 amide bonds. The number of hydrogen-bond acceptors (Lipinski definition) is 1. The normalized spacial score (nSPS) is 26.6. The van der Waals surface area contributed by atoms with Crippen molar-refractivity contribution in [3.8, 4) is 0 Å². The lowest BCUT2D eigenvalue weighted by atomic mass is 9.89. The first-order chi connectivity index (χ1) is 3.27. The molecule has 1 fully saturated rings. The monoisotopic (exact) mass is 99.1 g/mol. The molecule has 42 valence electrons. The summed E-state index contributed by atoms with van der Waals surface area (Å²) in [6, 6.07) is 0. The summed E-state index contributed by atoms with van der Waals surface area (Å²) in [6.07, 6.45) is 0. The number of rotatable bonds is 1. The zero-order valence-electron chi connectivity index (χ0n) is 4.24. The van der Waals surface area contributed by atoms with Crippen molar-refractivity contribution in [1.82, 2.24) is 0 Å². The van der Waals surface area contributed by atoms with E-state index >= 15 is 0 Å². The minimum atomic E-state index is -0.0417. The third-order valence-electron chi connectivity index (χ3n) is 1.19. The van der Waals surface area contributed by atoms with Crippen LogP contribution in [-0.4, -0.2) is 19.8 Å². The lowest BCUT2D eigenvalue weighted by Gasteiger charge is -2.47. The summed E-state index contributed by atoms with van der Waals surface area (Å²) in [7, 11) is 0. The van der Waals surface area contributed by atoms with Crippen LogP contribution in [0.2, 0.25) is 0 Å². The van der Waals surface area contributed by atoms with Crippen LogP contribution < -0.4 is 0 Å². The fraction of sp³-hybridized carbons (Fsp3) is 0.800. The van der Waals surface area contributed by atoms with Crippen LogP contribution in [0.1, 0.15) is 0 Å². The first-order valence-electron chi connectivity index (χ1n) is 2.35. The quantitative estimate of drug-likeness (QED) is 0.449. The maximum atomic E-state index is 6.91. The second-order valence-corrected chi connectivity index (χ2v) is 2.17. The molecule has 0 radical (unpaired) electrons. The molecule has 1 saturated heterocycles. The molecule has 1 N–H and O–H groups in total. The SMILES string of the molecule is [CH2-]C1(C[NH-])COC1. The van der Waals surface area contributed by atoms with Crippen LogP contribution >= 0.6 is 0 Å². The summed E-state index contributed by atoms with van der Waals surface area (Å²) in [5, 5.41) is 0. The Morgan fingerprint density at radius 1 is 1.71 bits per heavy atom. The van der Waals surface area contributed by atoms with E-state index in [-0.39, 0.29) is 5.41 Å². The molecule has 0 aromatic heterocycles. The number of hydrogen-bond donors (Lipinski definition) is 0. The largest absolute Gasteiger partial charge is 0.679 e. The Bertz CT molecular complexity index is 63.0. The van der Waals surface area contributed by atoms with Gasteiger partial charge in [0.1, 0.15) is 0 Å². The average molecular weight is 99.1 g/mol. The topological polar surface area (TPSA) is 33.0 Å². The Morgan fingerprint density at radius 3 is 2.29 bits per heavy atom. The second-order valence-electron chi connectivity index (χ2n) is 2.17. The Labute approximate surface area is 43.6 Å². The van der Waals surface area contributed by atoms with Crippen molar-refractivity contribution in [3.63, 3.8) is 0 Å². The molecule has 1 heterocycles. The first-order valence-corrected chi connectivity index (χ1v) is 2.35. The van der Waals surface area contributed by atoms with Crippen molar-refractivity contribution in [3.05, 3.63) is 12.7 Å². The molecule has 0 atom stereocenters. The van der Waals surface area contributed by atoms with Crippen molar-refractivity contribution >= 4 is 0 Å². The molecule has 0 saturated carbocycles. The Kier molecular flexibility index (Phi) is 1.05. The Balaban J connectivity index is 2.29. The molecule has 2 heteroatoms. The van der Waals surface area contributed by atoms with Gasteiger partial charge in [-0.25, -0.2) is 0 Å². The summed E-state index contributed by atoms with van der Waals surface area (Å²) in [4.78, 5) is 0. The number of nitrogens with one attached hydrogen (secondary N) is 1. The molecule has 7 heavy (non-hydrogen) atoms. The summed E-state index contributed by atoms with van der Waals surface area (Å²) in [5.74, 6) is 0. The van der Waals surface area contributed by atoms with Crippen LogP contribution in [0.4, 0.5) is 0 Å². The van der Waals surface area contributed by atoms with Crippen LogP contribution in [-0.2, 0) is 4.74 Å². The summed E-state index contributed by atoms with van der Waals surface area (Å²) < 4.78 is 4.85. The van der Waals surface area contributed by atoms with E-state index in [9.17, 15) is 0 Å². The molecule has 1 aliphatic heterocycles. The van der Waals surface area contributed by atoms with Gasteiger partial charge in [-0.15, -0.1) is 5.41 Å². The molecule has 0 bridgehead atoms. The minimum Gasteiger partial charge on any atom is -0.679 e. The van der Waals surface area contributed by atoms with Gasteiger partial charge >= 0.3 is 0 Å². The van der Waals surface area contributed by atoms with Crippen molar-refractivity contribution < 1.29 is 4.74 Å². The van der Waals surface area contributed by atoms with E-state index < -0.39 is 0 Å². The highest BCUT2D eigenvalue weighted by molar-refractivity contribution is 4.92. The van der Waals surface area contributed by atoms with Crippen LogP contribution in [0.25, 0.3) is 5.73 Å². The predicted octanol–water partition coefficient (Wildman–Crippen LogP) is 0.889. The zero-order chi connectivity index (χ0) is 5.33.